The molecule has 0 aliphatic carbocycles. The Morgan fingerprint density at radius 3 is 2.46 bits per heavy atom. The third kappa shape index (κ3) is 2.82. The van der Waals surface area contributed by atoms with E-state index in [1.165, 1.54) is 6.92 Å². The molecule has 3 aromatic rings. The molecule has 5 nitrogen and oxygen atoms in total. The minimum absolute atomic E-state index is 0.000698. The topological polar surface area (TPSA) is 67.8 Å². The maximum atomic E-state index is 13.3. The average Bonchev–Trinajstić information content (AvgIpc) is 2.50. The lowest BCUT2D eigenvalue weighted by Crippen LogP contribution is -2.32. The zero-order chi connectivity index (χ0) is 17.5. The summed E-state index contributed by atoms with van der Waals surface area (Å²) in [6.07, 6.45) is -4.73. The van der Waals surface area contributed by atoms with Crippen LogP contribution in [0.15, 0.2) is 46.0 Å². The second-order valence-electron chi connectivity index (χ2n) is 5.34. The molecule has 0 aliphatic heterocycles. The molecule has 24 heavy (non-hydrogen) atoms. The van der Waals surface area contributed by atoms with Crippen LogP contribution in [0, 0.1) is 6.92 Å². The number of nitrogens with one attached hydrogen (secondary N) is 1. The van der Waals surface area contributed by atoms with Crippen molar-refractivity contribution < 1.29 is 13.2 Å². The van der Waals surface area contributed by atoms with Crippen molar-refractivity contribution in [1.82, 2.24) is 14.5 Å². The van der Waals surface area contributed by atoms with Crippen LogP contribution in [0.3, 0.4) is 0 Å². The SMILES string of the molecule is Cc1cc(C(F)(F)F)c2c(=O)[nH]c(=O)n(Cc3ccccc3)c2n1. The number of H-pyrrole nitrogens is 1. The number of benzene rings is 1. The lowest BCUT2D eigenvalue weighted by atomic mass is 10.1. The fourth-order valence-corrected chi connectivity index (χ4v) is 2.54. The summed E-state index contributed by atoms with van der Waals surface area (Å²) in [5.41, 5.74) is -2.51. The van der Waals surface area contributed by atoms with Crippen LogP contribution in [0.4, 0.5) is 13.2 Å². The highest BCUT2D eigenvalue weighted by molar-refractivity contribution is 5.79. The summed E-state index contributed by atoms with van der Waals surface area (Å²) in [7, 11) is 0. The van der Waals surface area contributed by atoms with E-state index in [1.54, 1.807) is 30.3 Å². The molecule has 124 valence electrons. The van der Waals surface area contributed by atoms with Gasteiger partial charge in [-0.3, -0.25) is 14.3 Å². The lowest BCUT2D eigenvalue weighted by Gasteiger charge is -2.14. The summed E-state index contributed by atoms with van der Waals surface area (Å²) in [6.45, 7) is 1.38. The quantitative estimate of drug-likeness (QED) is 0.782. The highest BCUT2D eigenvalue weighted by Gasteiger charge is 2.35. The number of aryl methyl sites for hydroxylation is 1. The Balaban J connectivity index is 2.37. The molecule has 0 bridgehead atoms. The largest absolute Gasteiger partial charge is 0.417 e. The molecular formula is C16H12F3N3O2. The Morgan fingerprint density at radius 2 is 1.83 bits per heavy atom. The normalized spacial score (nSPS) is 11.8. The first-order valence-electron chi connectivity index (χ1n) is 7.03. The van der Waals surface area contributed by atoms with Gasteiger partial charge in [0, 0.05) is 5.69 Å². The number of hydrogen-bond acceptors (Lipinski definition) is 3. The highest BCUT2D eigenvalue weighted by atomic mass is 19.4. The molecule has 0 aliphatic rings. The van der Waals surface area contributed by atoms with Crippen molar-refractivity contribution in [3.8, 4) is 0 Å². The summed E-state index contributed by atoms with van der Waals surface area (Å²) in [5, 5.41) is -0.636. The minimum Gasteiger partial charge on any atom is -0.273 e. The number of nitrogens with zero attached hydrogens (tertiary/aromatic N) is 2. The van der Waals surface area contributed by atoms with E-state index in [0.29, 0.717) is 5.56 Å². The van der Waals surface area contributed by atoms with Crippen LogP contribution in [0.5, 0.6) is 0 Å². The van der Waals surface area contributed by atoms with Crippen molar-refractivity contribution in [3.05, 3.63) is 74.1 Å². The van der Waals surface area contributed by atoms with Gasteiger partial charge in [0.15, 0.2) is 5.65 Å². The molecule has 0 radical (unpaired) electrons. The zero-order valence-electron chi connectivity index (χ0n) is 12.5. The second kappa shape index (κ2) is 5.63. The van der Waals surface area contributed by atoms with Crippen LogP contribution in [0.1, 0.15) is 16.8 Å². The Kier molecular flexibility index (Phi) is 3.75. The monoisotopic (exact) mass is 335 g/mol. The van der Waals surface area contributed by atoms with E-state index in [2.05, 4.69) is 4.98 Å². The van der Waals surface area contributed by atoms with Crippen LogP contribution in [0.25, 0.3) is 11.0 Å². The van der Waals surface area contributed by atoms with Gasteiger partial charge < -0.3 is 0 Å². The third-order valence-corrected chi connectivity index (χ3v) is 3.57. The van der Waals surface area contributed by atoms with Crippen molar-refractivity contribution in [3.63, 3.8) is 0 Å². The molecule has 0 unspecified atom stereocenters. The maximum Gasteiger partial charge on any atom is 0.417 e. The van der Waals surface area contributed by atoms with Gasteiger partial charge in [0.25, 0.3) is 5.56 Å². The van der Waals surface area contributed by atoms with Gasteiger partial charge in [-0.15, -0.1) is 0 Å². The summed E-state index contributed by atoms with van der Waals surface area (Å²) in [5.74, 6) is 0. The number of hydrogen-bond donors (Lipinski definition) is 1. The van der Waals surface area contributed by atoms with Crippen LogP contribution in [-0.4, -0.2) is 14.5 Å². The van der Waals surface area contributed by atoms with Crippen LogP contribution in [0.2, 0.25) is 0 Å². The molecule has 0 fully saturated rings. The van der Waals surface area contributed by atoms with Crippen molar-refractivity contribution >= 4 is 11.0 Å². The Morgan fingerprint density at radius 1 is 1.17 bits per heavy atom. The van der Waals surface area contributed by atoms with Gasteiger partial charge in [-0.25, -0.2) is 9.78 Å². The van der Waals surface area contributed by atoms with Gasteiger partial charge in [-0.05, 0) is 18.6 Å². The first kappa shape index (κ1) is 16.0. The van der Waals surface area contributed by atoms with E-state index in [0.717, 1.165) is 10.6 Å². The molecular weight excluding hydrogens is 323 g/mol. The number of fused-ring (bicyclic) bond motifs is 1. The van der Waals surface area contributed by atoms with E-state index in [1.807, 2.05) is 4.98 Å². The maximum absolute atomic E-state index is 13.3. The zero-order valence-corrected chi connectivity index (χ0v) is 12.5. The number of rotatable bonds is 2. The molecule has 0 saturated carbocycles. The van der Waals surface area contributed by atoms with Gasteiger partial charge in [-0.2, -0.15) is 13.2 Å². The van der Waals surface area contributed by atoms with Crippen molar-refractivity contribution in [2.75, 3.05) is 0 Å². The molecule has 0 spiro atoms. The molecule has 8 heteroatoms. The molecule has 1 N–H and O–H groups in total. The molecule has 0 atom stereocenters. The Hall–Kier alpha value is -2.90. The van der Waals surface area contributed by atoms with E-state index >= 15 is 0 Å². The summed E-state index contributed by atoms with van der Waals surface area (Å²) in [4.78, 5) is 30.0. The molecule has 2 aromatic heterocycles. The van der Waals surface area contributed by atoms with Crippen LogP contribution in [-0.2, 0) is 12.7 Å². The smallest absolute Gasteiger partial charge is 0.273 e. The molecule has 1 aromatic carbocycles. The minimum atomic E-state index is -4.73. The van der Waals surface area contributed by atoms with Crippen LogP contribution >= 0.6 is 0 Å². The predicted octanol–water partition coefficient (Wildman–Crippen LogP) is 2.46. The van der Waals surface area contributed by atoms with E-state index in [-0.39, 0.29) is 17.9 Å². The van der Waals surface area contributed by atoms with Gasteiger partial charge in [0.05, 0.1) is 17.5 Å². The van der Waals surface area contributed by atoms with Gasteiger partial charge >= 0.3 is 11.9 Å². The van der Waals surface area contributed by atoms with Crippen molar-refractivity contribution in [1.29, 1.82) is 0 Å². The van der Waals surface area contributed by atoms with E-state index in [4.69, 9.17) is 0 Å². The van der Waals surface area contributed by atoms with Gasteiger partial charge in [0.2, 0.25) is 0 Å². The van der Waals surface area contributed by atoms with Gasteiger partial charge in [-0.1, -0.05) is 30.3 Å². The standard InChI is InChI=1S/C16H12F3N3O2/c1-9-7-11(16(17,18)19)12-13(20-9)22(15(24)21-14(12)23)8-10-5-3-2-4-6-10/h2-7H,8H2,1H3,(H,21,23,24). The van der Waals surface area contributed by atoms with Crippen molar-refractivity contribution in [2.24, 2.45) is 0 Å². The number of aromatic amines is 1. The lowest BCUT2D eigenvalue weighted by molar-refractivity contribution is -0.136. The Labute approximate surface area is 133 Å². The predicted molar refractivity (Wildman–Crippen MR) is 81.9 cm³/mol. The summed E-state index contributed by atoms with van der Waals surface area (Å²) in [6, 6.07) is 9.52. The number of pyridine rings is 1. The molecule has 0 amide bonds. The number of alkyl halides is 3. The molecule has 2 heterocycles. The van der Waals surface area contributed by atoms with Gasteiger partial charge in [0.1, 0.15) is 0 Å². The average molecular weight is 335 g/mol. The third-order valence-electron chi connectivity index (χ3n) is 3.57. The fraction of sp³-hybridized carbons (Fsp3) is 0.188. The van der Waals surface area contributed by atoms with E-state index in [9.17, 15) is 22.8 Å². The summed E-state index contributed by atoms with van der Waals surface area (Å²) < 4.78 is 40.8. The number of halogens is 3. The van der Waals surface area contributed by atoms with E-state index < -0.39 is 28.4 Å². The second-order valence-corrected chi connectivity index (χ2v) is 5.34. The summed E-state index contributed by atoms with van der Waals surface area (Å²) >= 11 is 0. The fourth-order valence-electron chi connectivity index (χ4n) is 2.54. The van der Waals surface area contributed by atoms with Crippen molar-refractivity contribution in [2.45, 2.75) is 19.6 Å². The highest BCUT2D eigenvalue weighted by Crippen LogP contribution is 2.33. The molecule has 0 saturated heterocycles. The molecule has 3 rings (SSSR count). The first-order valence-corrected chi connectivity index (χ1v) is 7.03. The van der Waals surface area contributed by atoms with Crippen LogP contribution < -0.4 is 11.2 Å². The number of aromatic nitrogens is 3. The Bertz CT molecular complexity index is 1020. The first-order chi connectivity index (χ1) is 11.3.